The van der Waals surface area contributed by atoms with E-state index in [0.717, 1.165) is 31.2 Å². The maximum absolute atomic E-state index is 10.7. The van der Waals surface area contributed by atoms with Crippen molar-refractivity contribution in [2.75, 3.05) is 31.1 Å². The molecule has 9 heteroatoms. The number of nitrogens with zero attached hydrogens (tertiary/aromatic N) is 5. The number of hydrogen-bond acceptors (Lipinski definition) is 8. The van der Waals surface area contributed by atoms with E-state index in [0.29, 0.717) is 18.3 Å². The Morgan fingerprint density at radius 2 is 2.14 bits per heavy atom. The fraction of sp³-hybridized carbons (Fsp3) is 0.500. The molecule has 0 spiro atoms. The lowest BCUT2D eigenvalue weighted by molar-refractivity contribution is -0.380. The van der Waals surface area contributed by atoms with Crippen LogP contribution in [0, 0.1) is 17.0 Å². The molecule has 0 aliphatic carbocycles. The molecule has 1 aliphatic rings. The van der Waals surface area contributed by atoms with Crippen LogP contribution < -0.4 is 4.90 Å². The van der Waals surface area contributed by atoms with Crippen molar-refractivity contribution in [3.8, 4) is 0 Å². The smallest absolute Gasteiger partial charge is 0.326 e. The molecule has 1 aliphatic heterocycles. The summed E-state index contributed by atoms with van der Waals surface area (Å²) in [6.07, 6.45) is 0. The van der Waals surface area contributed by atoms with Crippen LogP contribution in [0.3, 0.4) is 0 Å². The van der Waals surface area contributed by atoms with E-state index in [2.05, 4.69) is 19.9 Å². The summed E-state index contributed by atoms with van der Waals surface area (Å²) in [6, 6.07) is 3.38. The van der Waals surface area contributed by atoms with Gasteiger partial charge in [-0.3, -0.25) is 15.0 Å². The van der Waals surface area contributed by atoms with Gasteiger partial charge in [0.05, 0.1) is 16.5 Å². The Hall–Kier alpha value is -2.00. The molecule has 0 bridgehead atoms. The third kappa shape index (κ3) is 3.19. The normalized spacial score (nSPS) is 16.3. The Labute approximate surface area is 125 Å². The van der Waals surface area contributed by atoms with Crippen LogP contribution in [0.5, 0.6) is 0 Å². The molecule has 2 aromatic heterocycles. The topological polar surface area (TPSA) is 88.5 Å². The number of aryl methyl sites for hydroxylation is 1. The summed E-state index contributed by atoms with van der Waals surface area (Å²) in [5.74, 6) is 1.28. The zero-order valence-corrected chi connectivity index (χ0v) is 12.4. The van der Waals surface area contributed by atoms with E-state index >= 15 is 0 Å². The van der Waals surface area contributed by atoms with Crippen LogP contribution in [0.25, 0.3) is 0 Å². The Kier molecular flexibility index (Phi) is 3.84. The molecule has 1 fully saturated rings. The molecule has 1 saturated heterocycles. The third-order valence-electron chi connectivity index (χ3n) is 3.38. The monoisotopic (exact) mass is 309 g/mol. The standard InChI is InChI=1S/C12H15N5O3S/c1-9-13-10(14-20-9)8-15-4-6-16(7-5-15)11-2-3-12(21-11)17(18)19/h2-3H,4-8H2,1H3. The molecule has 2 aromatic rings. The zero-order valence-electron chi connectivity index (χ0n) is 11.6. The van der Waals surface area contributed by atoms with Gasteiger partial charge in [0, 0.05) is 39.2 Å². The highest BCUT2D eigenvalue weighted by Crippen LogP contribution is 2.31. The fourth-order valence-corrected chi connectivity index (χ4v) is 3.19. The lowest BCUT2D eigenvalue weighted by Gasteiger charge is -2.34. The summed E-state index contributed by atoms with van der Waals surface area (Å²) >= 11 is 1.22. The lowest BCUT2D eigenvalue weighted by atomic mass is 10.3. The van der Waals surface area contributed by atoms with Crippen molar-refractivity contribution in [2.45, 2.75) is 13.5 Å². The third-order valence-corrected chi connectivity index (χ3v) is 4.47. The van der Waals surface area contributed by atoms with Gasteiger partial charge in [0.2, 0.25) is 5.89 Å². The average Bonchev–Trinajstić information content (AvgIpc) is 3.09. The predicted molar refractivity (Wildman–Crippen MR) is 77.5 cm³/mol. The molecule has 0 amide bonds. The van der Waals surface area contributed by atoms with E-state index in [1.165, 1.54) is 11.3 Å². The van der Waals surface area contributed by atoms with E-state index < -0.39 is 0 Å². The fourth-order valence-electron chi connectivity index (χ4n) is 2.32. The highest BCUT2D eigenvalue weighted by molar-refractivity contribution is 7.19. The SMILES string of the molecule is Cc1nc(CN2CCN(c3ccc([N+](=O)[O-])s3)CC2)no1. The van der Waals surface area contributed by atoms with Gasteiger partial charge in [0.1, 0.15) is 0 Å². The van der Waals surface area contributed by atoms with Crippen LogP contribution in [-0.4, -0.2) is 46.1 Å². The number of thiophene rings is 1. The molecular formula is C12H15N5O3S. The minimum atomic E-state index is -0.344. The van der Waals surface area contributed by atoms with Gasteiger partial charge in [-0.2, -0.15) is 4.98 Å². The highest BCUT2D eigenvalue weighted by Gasteiger charge is 2.21. The van der Waals surface area contributed by atoms with Crippen molar-refractivity contribution in [3.63, 3.8) is 0 Å². The molecule has 0 saturated carbocycles. The Morgan fingerprint density at radius 3 is 2.71 bits per heavy atom. The van der Waals surface area contributed by atoms with Gasteiger partial charge in [-0.05, 0) is 17.4 Å². The summed E-state index contributed by atoms with van der Waals surface area (Å²) in [7, 11) is 0. The first-order chi connectivity index (χ1) is 10.1. The van der Waals surface area contributed by atoms with E-state index in [9.17, 15) is 10.1 Å². The lowest BCUT2D eigenvalue weighted by Crippen LogP contribution is -2.45. The average molecular weight is 309 g/mol. The van der Waals surface area contributed by atoms with Crippen molar-refractivity contribution < 1.29 is 9.45 Å². The molecular weight excluding hydrogens is 294 g/mol. The number of anilines is 1. The summed E-state index contributed by atoms with van der Waals surface area (Å²) in [4.78, 5) is 19.0. The van der Waals surface area contributed by atoms with Crippen LogP contribution in [0.15, 0.2) is 16.7 Å². The van der Waals surface area contributed by atoms with Gasteiger partial charge in [0.15, 0.2) is 5.82 Å². The van der Waals surface area contributed by atoms with E-state index in [4.69, 9.17) is 4.52 Å². The molecule has 0 aromatic carbocycles. The number of rotatable bonds is 4. The zero-order chi connectivity index (χ0) is 14.8. The molecule has 3 rings (SSSR count). The first kappa shape index (κ1) is 14.0. The molecule has 8 nitrogen and oxygen atoms in total. The van der Waals surface area contributed by atoms with Crippen molar-refractivity contribution in [2.24, 2.45) is 0 Å². The van der Waals surface area contributed by atoms with Gasteiger partial charge in [-0.25, -0.2) is 0 Å². The van der Waals surface area contributed by atoms with Gasteiger partial charge in [-0.1, -0.05) is 5.16 Å². The summed E-state index contributed by atoms with van der Waals surface area (Å²) < 4.78 is 4.96. The highest BCUT2D eigenvalue weighted by atomic mass is 32.1. The van der Waals surface area contributed by atoms with Crippen molar-refractivity contribution in [1.29, 1.82) is 0 Å². The Morgan fingerprint density at radius 1 is 1.38 bits per heavy atom. The first-order valence-electron chi connectivity index (χ1n) is 6.62. The predicted octanol–water partition coefficient (Wildman–Crippen LogP) is 1.67. The van der Waals surface area contributed by atoms with Crippen LogP contribution in [0.1, 0.15) is 11.7 Å². The maximum atomic E-state index is 10.7. The summed E-state index contributed by atoms with van der Waals surface area (Å²) in [5.41, 5.74) is 0. The Balaban J connectivity index is 1.55. The van der Waals surface area contributed by atoms with Crippen LogP contribution in [0.2, 0.25) is 0 Å². The number of piperazine rings is 1. The summed E-state index contributed by atoms with van der Waals surface area (Å²) in [6.45, 7) is 5.88. The number of nitro groups is 1. The first-order valence-corrected chi connectivity index (χ1v) is 7.44. The minimum absolute atomic E-state index is 0.190. The maximum Gasteiger partial charge on any atom is 0.326 e. The molecule has 0 atom stereocenters. The molecule has 3 heterocycles. The van der Waals surface area contributed by atoms with E-state index in [1.807, 2.05) is 6.07 Å². The second-order valence-electron chi connectivity index (χ2n) is 4.86. The molecule has 0 N–H and O–H groups in total. The van der Waals surface area contributed by atoms with E-state index in [-0.39, 0.29) is 9.92 Å². The quantitative estimate of drug-likeness (QED) is 0.627. The van der Waals surface area contributed by atoms with Gasteiger partial charge >= 0.3 is 5.00 Å². The van der Waals surface area contributed by atoms with Crippen molar-refractivity contribution in [1.82, 2.24) is 15.0 Å². The van der Waals surface area contributed by atoms with Crippen LogP contribution in [-0.2, 0) is 6.54 Å². The van der Waals surface area contributed by atoms with Gasteiger partial charge in [-0.15, -0.1) is 0 Å². The van der Waals surface area contributed by atoms with Crippen LogP contribution >= 0.6 is 11.3 Å². The molecule has 0 radical (unpaired) electrons. The number of hydrogen-bond donors (Lipinski definition) is 0. The largest absolute Gasteiger partial charge is 0.361 e. The van der Waals surface area contributed by atoms with Gasteiger partial charge < -0.3 is 9.42 Å². The molecule has 112 valence electrons. The van der Waals surface area contributed by atoms with E-state index in [1.54, 1.807) is 13.0 Å². The van der Waals surface area contributed by atoms with Gasteiger partial charge in [0.25, 0.3) is 0 Å². The Bertz CT molecular complexity index is 632. The second-order valence-corrected chi connectivity index (χ2v) is 5.90. The van der Waals surface area contributed by atoms with Crippen molar-refractivity contribution in [3.05, 3.63) is 34.0 Å². The van der Waals surface area contributed by atoms with Crippen molar-refractivity contribution >= 4 is 21.3 Å². The number of aromatic nitrogens is 2. The summed E-state index contributed by atoms with van der Waals surface area (Å²) in [5, 5.41) is 15.8. The molecule has 21 heavy (non-hydrogen) atoms. The van der Waals surface area contributed by atoms with Crippen LogP contribution in [0.4, 0.5) is 10.0 Å². The second kappa shape index (κ2) is 5.78. The molecule has 0 unspecified atom stereocenters. The minimum Gasteiger partial charge on any atom is -0.361 e.